The molecule has 2 amide bonds. The number of rotatable bonds is 8. The third-order valence-electron chi connectivity index (χ3n) is 7.11. The van der Waals surface area contributed by atoms with E-state index >= 15 is 0 Å². The van der Waals surface area contributed by atoms with Gasteiger partial charge >= 0.3 is 0 Å². The fourth-order valence-corrected chi connectivity index (χ4v) is 5.03. The summed E-state index contributed by atoms with van der Waals surface area (Å²) in [6, 6.07) is 22.0. The number of carbonyl (C=O) groups is 2. The fourth-order valence-electron chi connectivity index (χ4n) is 5.03. The Kier molecular flexibility index (Phi) is 8.01. The number of nitrogens with zero attached hydrogens (tertiary/aromatic N) is 3. The monoisotopic (exact) mass is 526 g/mol. The molecule has 1 aliphatic rings. The van der Waals surface area contributed by atoms with Gasteiger partial charge in [-0.15, -0.1) is 0 Å². The van der Waals surface area contributed by atoms with Crippen molar-refractivity contribution in [2.45, 2.75) is 31.7 Å². The van der Waals surface area contributed by atoms with Gasteiger partial charge in [0.2, 0.25) is 5.91 Å². The molecule has 0 saturated carbocycles. The first kappa shape index (κ1) is 26.2. The minimum atomic E-state index is -0.408. The highest BCUT2D eigenvalue weighted by Crippen LogP contribution is 2.29. The van der Waals surface area contributed by atoms with Gasteiger partial charge in [0.05, 0.1) is 31.8 Å². The summed E-state index contributed by atoms with van der Waals surface area (Å²) in [5.41, 5.74) is 4.11. The van der Waals surface area contributed by atoms with E-state index in [1.54, 1.807) is 10.9 Å². The van der Waals surface area contributed by atoms with Crippen molar-refractivity contribution in [1.29, 1.82) is 0 Å². The van der Waals surface area contributed by atoms with Crippen molar-refractivity contribution in [3.8, 4) is 5.75 Å². The summed E-state index contributed by atoms with van der Waals surface area (Å²) in [4.78, 5) is 27.5. The van der Waals surface area contributed by atoms with Crippen LogP contribution in [0.2, 0.25) is 0 Å². The van der Waals surface area contributed by atoms with Crippen LogP contribution in [0.5, 0.6) is 5.75 Å². The lowest BCUT2D eigenvalue weighted by atomic mass is 9.89. The van der Waals surface area contributed by atoms with Gasteiger partial charge < -0.3 is 15.0 Å². The van der Waals surface area contributed by atoms with Crippen molar-refractivity contribution < 1.29 is 18.7 Å². The quantitative estimate of drug-likeness (QED) is 0.339. The number of amides is 2. The molecule has 0 atom stereocenters. The summed E-state index contributed by atoms with van der Waals surface area (Å²) < 4.78 is 20.6. The first-order valence-corrected chi connectivity index (χ1v) is 13.1. The zero-order valence-corrected chi connectivity index (χ0v) is 21.8. The van der Waals surface area contributed by atoms with E-state index < -0.39 is 5.82 Å². The second kappa shape index (κ2) is 11.9. The number of ether oxygens (including phenoxy) is 1. The van der Waals surface area contributed by atoms with Crippen LogP contribution < -0.4 is 10.1 Å². The number of hydrogen-bond donors (Lipinski definition) is 1. The Morgan fingerprint density at radius 2 is 1.77 bits per heavy atom. The average molecular weight is 527 g/mol. The van der Waals surface area contributed by atoms with Gasteiger partial charge in [0, 0.05) is 30.5 Å². The van der Waals surface area contributed by atoms with Crippen LogP contribution in [-0.4, -0.2) is 46.7 Å². The molecule has 0 unspecified atom stereocenters. The molecule has 1 fully saturated rings. The summed E-state index contributed by atoms with van der Waals surface area (Å²) in [7, 11) is 1.49. The molecule has 5 rings (SSSR count). The molecular formula is C31H31FN4O3. The zero-order valence-electron chi connectivity index (χ0n) is 21.8. The Bertz CT molecular complexity index is 1430. The third-order valence-corrected chi connectivity index (χ3v) is 7.11. The van der Waals surface area contributed by atoms with Crippen molar-refractivity contribution in [3.05, 3.63) is 113 Å². The van der Waals surface area contributed by atoms with Crippen LogP contribution in [0.25, 0.3) is 0 Å². The number of piperidine rings is 1. The van der Waals surface area contributed by atoms with E-state index in [4.69, 9.17) is 4.74 Å². The van der Waals surface area contributed by atoms with Gasteiger partial charge in [0.1, 0.15) is 11.6 Å². The first-order valence-electron chi connectivity index (χ1n) is 13.1. The topological polar surface area (TPSA) is 76.5 Å². The Labute approximate surface area is 227 Å². The number of hydrogen-bond acceptors (Lipinski definition) is 4. The summed E-state index contributed by atoms with van der Waals surface area (Å²) in [5.74, 6) is 0.184. The second-order valence-corrected chi connectivity index (χ2v) is 9.78. The van der Waals surface area contributed by atoms with Gasteiger partial charge in [-0.3, -0.25) is 14.3 Å². The number of nitrogens with one attached hydrogen (secondary N) is 1. The van der Waals surface area contributed by atoms with E-state index in [0.717, 1.165) is 18.4 Å². The zero-order chi connectivity index (χ0) is 27.2. The number of benzene rings is 3. The maximum Gasteiger partial charge on any atom is 0.257 e. The number of likely N-dealkylation sites (tertiary alicyclic amines) is 1. The van der Waals surface area contributed by atoms with Crippen molar-refractivity contribution >= 4 is 17.5 Å². The fraction of sp³-hybridized carbons (Fsp3) is 0.258. The maximum absolute atomic E-state index is 13.6. The van der Waals surface area contributed by atoms with Gasteiger partial charge in [-0.05, 0) is 60.2 Å². The Hall–Kier alpha value is -4.46. The molecule has 0 radical (unpaired) electrons. The van der Waals surface area contributed by atoms with E-state index in [1.165, 1.54) is 30.9 Å². The first-order chi connectivity index (χ1) is 19.0. The standard InChI is InChI=1S/C31H31FN4O3/c1-39-29-12-9-27(32)17-25(29)18-30(37)34-28-10-7-23(8-11-28)24-13-15-35(16-14-24)31(38)26-19-33-36(21-26)20-22-5-3-2-4-6-22/h2-12,17,19,21,24H,13-16,18,20H2,1H3,(H,34,37). The molecule has 0 spiro atoms. The normalized spacial score (nSPS) is 13.7. The highest BCUT2D eigenvalue weighted by Gasteiger charge is 2.25. The average Bonchev–Trinajstić information content (AvgIpc) is 3.42. The van der Waals surface area contributed by atoms with Crippen LogP contribution in [-0.2, 0) is 17.8 Å². The van der Waals surface area contributed by atoms with Crippen LogP contribution in [0.15, 0.2) is 85.2 Å². The maximum atomic E-state index is 13.6. The van der Waals surface area contributed by atoms with E-state index in [0.29, 0.717) is 48.1 Å². The van der Waals surface area contributed by atoms with Crippen molar-refractivity contribution in [2.24, 2.45) is 0 Å². The lowest BCUT2D eigenvalue weighted by molar-refractivity contribution is -0.115. The number of aromatic nitrogens is 2. The van der Waals surface area contributed by atoms with Crippen LogP contribution in [0.1, 0.15) is 45.8 Å². The van der Waals surface area contributed by atoms with Gasteiger partial charge in [0.25, 0.3) is 5.91 Å². The number of halogens is 1. The summed E-state index contributed by atoms with van der Waals surface area (Å²) >= 11 is 0. The molecule has 0 aliphatic carbocycles. The molecule has 1 saturated heterocycles. The summed E-state index contributed by atoms with van der Waals surface area (Å²) in [6.45, 7) is 1.99. The molecular weight excluding hydrogens is 495 g/mol. The van der Waals surface area contributed by atoms with Gasteiger partial charge in [0.15, 0.2) is 0 Å². The summed E-state index contributed by atoms with van der Waals surface area (Å²) in [6.07, 6.45) is 5.22. The molecule has 200 valence electrons. The van der Waals surface area contributed by atoms with Crippen LogP contribution in [0, 0.1) is 5.82 Å². The Morgan fingerprint density at radius 1 is 1.03 bits per heavy atom. The highest BCUT2D eigenvalue weighted by molar-refractivity contribution is 5.94. The largest absolute Gasteiger partial charge is 0.496 e. The van der Waals surface area contributed by atoms with E-state index in [1.807, 2.05) is 65.7 Å². The van der Waals surface area contributed by atoms with Crippen LogP contribution in [0.3, 0.4) is 0 Å². The third kappa shape index (κ3) is 6.52. The van der Waals surface area contributed by atoms with Crippen LogP contribution >= 0.6 is 0 Å². The van der Waals surface area contributed by atoms with Gasteiger partial charge in [-0.25, -0.2) is 4.39 Å². The predicted octanol–water partition coefficient (Wildman–Crippen LogP) is 5.28. The molecule has 4 aromatic rings. The lowest BCUT2D eigenvalue weighted by Gasteiger charge is -2.32. The smallest absolute Gasteiger partial charge is 0.257 e. The molecule has 7 nitrogen and oxygen atoms in total. The minimum absolute atomic E-state index is 0.0142. The second-order valence-electron chi connectivity index (χ2n) is 9.78. The van der Waals surface area contributed by atoms with Crippen molar-refractivity contribution in [1.82, 2.24) is 14.7 Å². The number of carbonyl (C=O) groups excluding carboxylic acids is 2. The number of methoxy groups -OCH3 is 1. The lowest BCUT2D eigenvalue weighted by Crippen LogP contribution is -2.37. The van der Waals surface area contributed by atoms with Gasteiger partial charge in [-0.1, -0.05) is 42.5 Å². The SMILES string of the molecule is COc1ccc(F)cc1CC(=O)Nc1ccc(C2CCN(C(=O)c3cnn(Cc4ccccc4)c3)CC2)cc1. The van der Waals surface area contributed by atoms with E-state index in [-0.39, 0.29) is 18.2 Å². The van der Waals surface area contributed by atoms with Crippen molar-refractivity contribution in [3.63, 3.8) is 0 Å². The summed E-state index contributed by atoms with van der Waals surface area (Å²) in [5, 5.41) is 7.24. The molecule has 1 aromatic heterocycles. The molecule has 39 heavy (non-hydrogen) atoms. The minimum Gasteiger partial charge on any atom is -0.496 e. The molecule has 3 aromatic carbocycles. The number of anilines is 1. The molecule has 0 bridgehead atoms. The highest BCUT2D eigenvalue weighted by atomic mass is 19.1. The van der Waals surface area contributed by atoms with E-state index in [2.05, 4.69) is 10.4 Å². The van der Waals surface area contributed by atoms with Crippen molar-refractivity contribution in [2.75, 3.05) is 25.5 Å². The molecule has 1 N–H and O–H groups in total. The predicted molar refractivity (Wildman–Crippen MR) is 147 cm³/mol. The van der Waals surface area contributed by atoms with Gasteiger partial charge in [-0.2, -0.15) is 5.10 Å². The Balaban J connectivity index is 1.12. The van der Waals surface area contributed by atoms with Crippen LogP contribution in [0.4, 0.5) is 10.1 Å². The molecule has 8 heteroatoms. The molecule has 2 heterocycles. The Morgan fingerprint density at radius 3 is 2.49 bits per heavy atom. The van der Waals surface area contributed by atoms with E-state index in [9.17, 15) is 14.0 Å². The molecule has 1 aliphatic heterocycles.